The van der Waals surface area contributed by atoms with Crippen LogP contribution in [-0.2, 0) is 4.79 Å². The molecule has 1 unspecified atom stereocenters. The van der Waals surface area contributed by atoms with Crippen LogP contribution >= 0.6 is 11.3 Å². The average Bonchev–Trinajstić information content (AvgIpc) is 3.37. The molecule has 2 N–H and O–H groups in total. The van der Waals surface area contributed by atoms with Crippen LogP contribution in [0.4, 0.5) is 5.13 Å². The van der Waals surface area contributed by atoms with E-state index >= 15 is 0 Å². The zero-order valence-electron chi connectivity index (χ0n) is 18.7. The third kappa shape index (κ3) is 4.73. The van der Waals surface area contributed by atoms with Gasteiger partial charge in [0.2, 0.25) is 5.13 Å². The highest BCUT2D eigenvalue weighted by molar-refractivity contribution is 7.18. The van der Waals surface area contributed by atoms with Gasteiger partial charge in [-0.3, -0.25) is 14.9 Å². The highest BCUT2D eigenvalue weighted by Crippen LogP contribution is 2.39. The van der Waals surface area contributed by atoms with Gasteiger partial charge in [-0.1, -0.05) is 41.7 Å². The Morgan fingerprint density at radius 2 is 1.89 bits per heavy atom. The summed E-state index contributed by atoms with van der Waals surface area (Å²) in [5, 5.41) is 31.0. The Labute approximate surface area is 209 Å². The molecule has 9 nitrogen and oxygen atoms in total. The maximum atomic E-state index is 12.7. The fourth-order valence-corrected chi connectivity index (χ4v) is 4.53. The van der Waals surface area contributed by atoms with Crippen molar-refractivity contribution < 1.29 is 24.2 Å². The zero-order chi connectivity index (χ0) is 25.1. The molecule has 1 aromatic heterocycles. The minimum absolute atomic E-state index is 0.192. The number of ether oxygens (including phenoxy) is 2. The standard InChI is InChI=1S/C26H18N4O5S/c27-14-17-12-20-19(25(32)33)10-11-34-22(20)13-21(17)35-18-8-6-15(7-9-18)23(31)28-26-30-29-24(36-26)16-4-2-1-3-5-16/h1-9,12-13,19H,10-11H2,(H,32,33)(H,28,30,31). The number of nitrogens with one attached hydrogen (secondary N) is 1. The van der Waals surface area contributed by atoms with Crippen molar-refractivity contribution in [1.29, 1.82) is 5.26 Å². The van der Waals surface area contributed by atoms with Gasteiger partial charge >= 0.3 is 5.97 Å². The Morgan fingerprint density at radius 1 is 1.11 bits per heavy atom. The normalized spacial score (nSPS) is 14.1. The number of nitriles is 1. The highest BCUT2D eigenvalue weighted by atomic mass is 32.1. The van der Waals surface area contributed by atoms with Crippen molar-refractivity contribution >= 4 is 28.3 Å². The van der Waals surface area contributed by atoms with Crippen molar-refractivity contribution in [3.63, 3.8) is 0 Å². The molecule has 10 heteroatoms. The molecular formula is C26H18N4O5S. The summed E-state index contributed by atoms with van der Waals surface area (Å²) in [6.07, 6.45) is 0.335. The zero-order valence-corrected chi connectivity index (χ0v) is 19.5. The van der Waals surface area contributed by atoms with E-state index in [0.29, 0.717) is 39.2 Å². The van der Waals surface area contributed by atoms with Gasteiger partial charge in [-0.05, 0) is 36.8 Å². The fraction of sp³-hybridized carbons (Fsp3) is 0.115. The Kier molecular flexibility index (Phi) is 6.30. The summed E-state index contributed by atoms with van der Waals surface area (Å²) < 4.78 is 11.5. The van der Waals surface area contributed by atoms with E-state index in [1.165, 1.54) is 23.5 Å². The largest absolute Gasteiger partial charge is 0.493 e. The Bertz CT molecular complexity index is 1480. The monoisotopic (exact) mass is 498 g/mol. The van der Waals surface area contributed by atoms with E-state index in [-0.39, 0.29) is 23.8 Å². The lowest BCUT2D eigenvalue weighted by Crippen LogP contribution is -2.21. The number of carbonyl (C=O) groups excluding carboxylic acids is 1. The second-order valence-electron chi connectivity index (χ2n) is 7.88. The van der Waals surface area contributed by atoms with E-state index in [1.807, 2.05) is 36.4 Å². The Morgan fingerprint density at radius 3 is 2.61 bits per heavy atom. The van der Waals surface area contributed by atoms with Gasteiger partial charge in [-0.15, -0.1) is 10.2 Å². The number of anilines is 1. The van der Waals surface area contributed by atoms with Gasteiger partial charge in [0.05, 0.1) is 18.1 Å². The molecule has 1 atom stereocenters. The number of aliphatic carboxylic acids is 1. The molecule has 36 heavy (non-hydrogen) atoms. The first-order valence-electron chi connectivity index (χ1n) is 10.9. The van der Waals surface area contributed by atoms with E-state index in [0.717, 1.165) is 5.56 Å². The molecular weight excluding hydrogens is 480 g/mol. The van der Waals surface area contributed by atoms with E-state index in [9.17, 15) is 20.0 Å². The number of fused-ring (bicyclic) bond motifs is 1. The molecule has 1 aliphatic heterocycles. The number of benzene rings is 3. The first-order chi connectivity index (χ1) is 17.5. The van der Waals surface area contributed by atoms with Gasteiger partial charge in [-0.2, -0.15) is 5.26 Å². The van der Waals surface area contributed by atoms with Crippen LogP contribution in [0.5, 0.6) is 17.2 Å². The number of hydrogen-bond donors (Lipinski definition) is 2. The molecule has 3 aromatic carbocycles. The number of hydrogen-bond acceptors (Lipinski definition) is 8. The lowest BCUT2D eigenvalue weighted by molar-refractivity contribution is -0.139. The second-order valence-corrected chi connectivity index (χ2v) is 8.86. The SMILES string of the molecule is N#Cc1cc2c(cc1Oc1ccc(C(=O)Nc3nnc(-c4ccccc4)s3)cc1)OCCC2C(=O)O. The second kappa shape index (κ2) is 9.85. The summed E-state index contributed by atoms with van der Waals surface area (Å²) in [5.74, 6) is -1.03. The summed E-state index contributed by atoms with van der Waals surface area (Å²) >= 11 is 1.27. The van der Waals surface area contributed by atoms with Gasteiger partial charge in [0.25, 0.3) is 5.91 Å². The first-order valence-corrected chi connectivity index (χ1v) is 11.8. The van der Waals surface area contributed by atoms with Crippen molar-refractivity contribution in [3.8, 4) is 33.9 Å². The van der Waals surface area contributed by atoms with Gasteiger partial charge < -0.3 is 14.6 Å². The summed E-state index contributed by atoms with van der Waals surface area (Å²) in [6, 6.07) is 21.0. The summed E-state index contributed by atoms with van der Waals surface area (Å²) in [6.45, 7) is 0.264. The summed E-state index contributed by atoms with van der Waals surface area (Å²) in [4.78, 5) is 24.2. The smallest absolute Gasteiger partial charge is 0.311 e. The number of carboxylic acids is 1. The van der Waals surface area contributed by atoms with Crippen LogP contribution in [0.1, 0.15) is 33.8 Å². The predicted octanol–water partition coefficient (Wildman–Crippen LogP) is 5.07. The molecule has 1 amide bonds. The third-order valence-corrected chi connectivity index (χ3v) is 6.47. The number of aromatic nitrogens is 2. The van der Waals surface area contributed by atoms with Crippen LogP contribution in [0.15, 0.2) is 66.7 Å². The Balaban J connectivity index is 1.29. The van der Waals surface area contributed by atoms with Gasteiger partial charge in [0, 0.05) is 22.8 Å². The molecule has 0 bridgehead atoms. The number of carbonyl (C=O) groups is 2. The summed E-state index contributed by atoms with van der Waals surface area (Å²) in [5.41, 5.74) is 1.95. The van der Waals surface area contributed by atoms with Crippen molar-refractivity contribution in [3.05, 3.63) is 83.4 Å². The summed E-state index contributed by atoms with van der Waals surface area (Å²) in [7, 11) is 0. The number of rotatable bonds is 6. The molecule has 0 aliphatic carbocycles. The lowest BCUT2D eigenvalue weighted by Gasteiger charge is -2.24. The van der Waals surface area contributed by atoms with E-state index < -0.39 is 11.9 Å². The van der Waals surface area contributed by atoms with Crippen LogP contribution < -0.4 is 14.8 Å². The number of carboxylic acid groups (broad SMARTS) is 1. The maximum absolute atomic E-state index is 12.7. The molecule has 2 heterocycles. The number of amides is 1. The van der Waals surface area contributed by atoms with Crippen molar-refractivity contribution in [2.45, 2.75) is 12.3 Å². The molecule has 4 aromatic rings. The van der Waals surface area contributed by atoms with Gasteiger partial charge in [0.1, 0.15) is 28.3 Å². The highest BCUT2D eigenvalue weighted by Gasteiger charge is 2.29. The fourth-order valence-electron chi connectivity index (χ4n) is 3.79. The third-order valence-electron chi connectivity index (χ3n) is 5.58. The van der Waals surface area contributed by atoms with Crippen molar-refractivity contribution in [2.24, 2.45) is 0 Å². The number of nitrogens with zero attached hydrogens (tertiary/aromatic N) is 3. The van der Waals surface area contributed by atoms with Crippen molar-refractivity contribution in [2.75, 3.05) is 11.9 Å². The van der Waals surface area contributed by atoms with E-state index in [4.69, 9.17) is 9.47 Å². The van der Waals surface area contributed by atoms with Crippen LogP contribution in [0.3, 0.4) is 0 Å². The van der Waals surface area contributed by atoms with E-state index in [1.54, 1.807) is 24.3 Å². The van der Waals surface area contributed by atoms with Gasteiger partial charge in [-0.25, -0.2) is 0 Å². The van der Waals surface area contributed by atoms with Crippen LogP contribution in [0.25, 0.3) is 10.6 Å². The first kappa shape index (κ1) is 23.0. The maximum Gasteiger partial charge on any atom is 0.311 e. The van der Waals surface area contributed by atoms with E-state index in [2.05, 4.69) is 15.5 Å². The topological polar surface area (TPSA) is 134 Å². The molecule has 0 fully saturated rings. The average molecular weight is 499 g/mol. The molecule has 178 valence electrons. The minimum Gasteiger partial charge on any atom is -0.493 e. The molecule has 0 saturated carbocycles. The van der Waals surface area contributed by atoms with Crippen molar-refractivity contribution in [1.82, 2.24) is 10.2 Å². The predicted molar refractivity (Wildman–Crippen MR) is 131 cm³/mol. The Hall–Kier alpha value is -4.75. The van der Waals surface area contributed by atoms with Crippen LogP contribution in [0, 0.1) is 11.3 Å². The molecule has 0 spiro atoms. The quantitative estimate of drug-likeness (QED) is 0.376. The molecule has 1 aliphatic rings. The lowest BCUT2D eigenvalue weighted by atomic mass is 9.91. The minimum atomic E-state index is -0.962. The molecule has 5 rings (SSSR count). The van der Waals surface area contributed by atoms with Crippen LogP contribution in [0.2, 0.25) is 0 Å². The molecule has 0 saturated heterocycles. The molecule has 0 radical (unpaired) electrons. The van der Waals surface area contributed by atoms with Crippen LogP contribution in [-0.4, -0.2) is 33.8 Å². The van der Waals surface area contributed by atoms with Gasteiger partial charge in [0.15, 0.2) is 0 Å².